The molecule has 0 amide bonds. The number of fused-ring (bicyclic) bond motifs is 1. The molecule has 92 valence electrons. The minimum Gasteiger partial charge on any atom is -0.388 e. The standard InChI is InChI=1S/C12H12N4OS/c1-8-15-9(7-18-8)4-12(17)10-5-14-16-3-2-13-6-11(10)16/h2-3,5-7,12,17H,4H2,1H3. The summed E-state index contributed by atoms with van der Waals surface area (Å²) in [5.74, 6) is 0. The van der Waals surface area contributed by atoms with Gasteiger partial charge in [-0.05, 0) is 6.92 Å². The van der Waals surface area contributed by atoms with Crippen molar-refractivity contribution in [2.45, 2.75) is 19.4 Å². The average Bonchev–Trinajstić information content (AvgIpc) is 2.95. The van der Waals surface area contributed by atoms with Gasteiger partial charge in [0.1, 0.15) is 0 Å². The summed E-state index contributed by atoms with van der Waals surface area (Å²) in [4.78, 5) is 8.41. The summed E-state index contributed by atoms with van der Waals surface area (Å²) in [6.45, 7) is 1.96. The maximum absolute atomic E-state index is 10.3. The lowest BCUT2D eigenvalue weighted by Crippen LogP contribution is -2.02. The molecular formula is C12H12N4OS. The molecule has 1 atom stereocenters. The molecule has 0 aliphatic heterocycles. The molecule has 0 spiro atoms. The van der Waals surface area contributed by atoms with Crippen molar-refractivity contribution in [1.82, 2.24) is 19.6 Å². The van der Waals surface area contributed by atoms with Gasteiger partial charge in [-0.2, -0.15) is 5.10 Å². The number of aliphatic hydroxyl groups is 1. The number of thiazole rings is 1. The van der Waals surface area contributed by atoms with Crippen molar-refractivity contribution >= 4 is 16.9 Å². The Morgan fingerprint density at radius 2 is 2.33 bits per heavy atom. The number of aliphatic hydroxyl groups excluding tert-OH is 1. The topological polar surface area (TPSA) is 63.3 Å². The summed E-state index contributed by atoms with van der Waals surface area (Å²) < 4.78 is 1.71. The average molecular weight is 260 g/mol. The number of rotatable bonds is 3. The Kier molecular flexibility index (Phi) is 2.81. The number of hydrogen-bond acceptors (Lipinski definition) is 5. The van der Waals surface area contributed by atoms with Crippen LogP contribution < -0.4 is 0 Å². The first-order valence-corrected chi connectivity index (χ1v) is 6.48. The van der Waals surface area contributed by atoms with Gasteiger partial charge in [0, 0.05) is 29.8 Å². The molecule has 0 aromatic carbocycles. The highest BCUT2D eigenvalue weighted by Gasteiger charge is 2.15. The van der Waals surface area contributed by atoms with E-state index in [9.17, 15) is 5.11 Å². The summed E-state index contributed by atoms with van der Waals surface area (Å²) in [6.07, 6.45) is 6.71. The Hall–Kier alpha value is -1.79. The second kappa shape index (κ2) is 4.47. The molecule has 0 fully saturated rings. The highest BCUT2D eigenvalue weighted by atomic mass is 32.1. The molecule has 0 saturated carbocycles. The quantitative estimate of drug-likeness (QED) is 0.779. The highest BCUT2D eigenvalue weighted by Crippen LogP contribution is 2.22. The maximum atomic E-state index is 10.3. The maximum Gasteiger partial charge on any atom is 0.0903 e. The Morgan fingerprint density at radius 3 is 3.11 bits per heavy atom. The van der Waals surface area contributed by atoms with E-state index in [0.717, 1.165) is 21.8 Å². The molecule has 6 heteroatoms. The van der Waals surface area contributed by atoms with Gasteiger partial charge >= 0.3 is 0 Å². The van der Waals surface area contributed by atoms with Gasteiger partial charge in [0.2, 0.25) is 0 Å². The van der Waals surface area contributed by atoms with Crippen LogP contribution in [-0.2, 0) is 6.42 Å². The lowest BCUT2D eigenvalue weighted by atomic mass is 10.1. The number of aryl methyl sites for hydroxylation is 1. The third-order valence-corrected chi connectivity index (χ3v) is 3.60. The predicted molar refractivity (Wildman–Crippen MR) is 68.5 cm³/mol. The molecule has 0 aliphatic rings. The molecule has 3 heterocycles. The van der Waals surface area contributed by atoms with Crippen molar-refractivity contribution in [3.63, 3.8) is 0 Å². The zero-order valence-electron chi connectivity index (χ0n) is 9.82. The summed E-state index contributed by atoms with van der Waals surface area (Å²) in [5, 5.41) is 17.4. The van der Waals surface area contributed by atoms with Crippen molar-refractivity contribution in [2.75, 3.05) is 0 Å². The molecule has 1 unspecified atom stereocenters. The van der Waals surface area contributed by atoms with Gasteiger partial charge in [0.05, 0.1) is 34.7 Å². The zero-order valence-corrected chi connectivity index (χ0v) is 10.6. The SMILES string of the molecule is Cc1nc(CC(O)c2cnn3ccncc23)cs1. The first kappa shape index (κ1) is 11.3. The summed E-state index contributed by atoms with van der Waals surface area (Å²) in [5.41, 5.74) is 2.53. The largest absolute Gasteiger partial charge is 0.388 e. The first-order chi connectivity index (χ1) is 8.74. The summed E-state index contributed by atoms with van der Waals surface area (Å²) in [7, 11) is 0. The van der Waals surface area contributed by atoms with E-state index in [0.29, 0.717) is 6.42 Å². The van der Waals surface area contributed by atoms with Gasteiger partial charge < -0.3 is 5.11 Å². The van der Waals surface area contributed by atoms with Crippen molar-refractivity contribution in [1.29, 1.82) is 0 Å². The fourth-order valence-electron chi connectivity index (χ4n) is 1.92. The Balaban J connectivity index is 1.90. The van der Waals surface area contributed by atoms with Crippen LogP contribution in [0.2, 0.25) is 0 Å². The molecule has 0 bridgehead atoms. The van der Waals surface area contributed by atoms with Crippen LogP contribution in [0.1, 0.15) is 22.4 Å². The van der Waals surface area contributed by atoms with E-state index in [-0.39, 0.29) is 0 Å². The minimum atomic E-state index is -0.604. The van der Waals surface area contributed by atoms with Gasteiger partial charge in [0.25, 0.3) is 0 Å². The summed E-state index contributed by atoms with van der Waals surface area (Å²) >= 11 is 1.59. The van der Waals surface area contributed by atoms with Gasteiger partial charge in [-0.15, -0.1) is 11.3 Å². The van der Waals surface area contributed by atoms with E-state index >= 15 is 0 Å². The Labute approximate surface area is 108 Å². The van der Waals surface area contributed by atoms with Crippen LogP contribution >= 0.6 is 11.3 Å². The molecule has 0 aliphatic carbocycles. The van der Waals surface area contributed by atoms with Crippen LogP contribution in [0.5, 0.6) is 0 Å². The van der Waals surface area contributed by atoms with Crippen LogP contribution in [0.25, 0.3) is 5.52 Å². The summed E-state index contributed by atoms with van der Waals surface area (Å²) in [6, 6.07) is 0. The smallest absolute Gasteiger partial charge is 0.0903 e. The molecule has 3 rings (SSSR count). The van der Waals surface area contributed by atoms with Crippen molar-refractivity contribution in [2.24, 2.45) is 0 Å². The van der Waals surface area contributed by atoms with Crippen LogP contribution in [-0.4, -0.2) is 24.7 Å². The van der Waals surface area contributed by atoms with Crippen molar-refractivity contribution in [3.8, 4) is 0 Å². The van der Waals surface area contributed by atoms with E-state index in [4.69, 9.17) is 0 Å². The molecular weight excluding hydrogens is 248 g/mol. The number of nitrogens with zero attached hydrogens (tertiary/aromatic N) is 4. The zero-order chi connectivity index (χ0) is 12.5. The van der Waals surface area contributed by atoms with E-state index in [1.165, 1.54) is 0 Å². The molecule has 18 heavy (non-hydrogen) atoms. The fourth-order valence-corrected chi connectivity index (χ4v) is 2.55. The molecule has 5 nitrogen and oxygen atoms in total. The second-order valence-electron chi connectivity index (χ2n) is 4.08. The number of hydrogen-bond donors (Lipinski definition) is 1. The molecule has 0 radical (unpaired) electrons. The third-order valence-electron chi connectivity index (χ3n) is 2.78. The van der Waals surface area contributed by atoms with Crippen molar-refractivity contribution in [3.05, 3.63) is 46.4 Å². The van der Waals surface area contributed by atoms with Gasteiger partial charge in [0.15, 0.2) is 0 Å². The Morgan fingerprint density at radius 1 is 1.44 bits per heavy atom. The van der Waals surface area contributed by atoms with E-state index < -0.39 is 6.10 Å². The van der Waals surface area contributed by atoms with Crippen LogP contribution in [0, 0.1) is 6.92 Å². The predicted octanol–water partition coefficient (Wildman–Crippen LogP) is 1.77. The van der Waals surface area contributed by atoms with Crippen LogP contribution in [0.3, 0.4) is 0 Å². The van der Waals surface area contributed by atoms with E-state index in [1.807, 2.05) is 12.3 Å². The van der Waals surface area contributed by atoms with Crippen molar-refractivity contribution < 1.29 is 5.11 Å². The first-order valence-electron chi connectivity index (χ1n) is 5.60. The third kappa shape index (κ3) is 2.00. The van der Waals surface area contributed by atoms with E-state index in [2.05, 4.69) is 15.1 Å². The second-order valence-corrected chi connectivity index (χ2v) is 5.15. The molecule has 1 N–H and O–H groups in total. The van der Waals surface area contributed by atoms with Gasteiger partial charge in [-0.3, -0.25) is 4.98 Å². The fraction of sp³-hybridized carbons (Fsp3) is 0.250. The van der Waals surface area contributed by atoms with E-state index in [1.54, 1.807) is 40.6 Å². The highest BCUT2D eigenvalue weighted by molar-refractivity contribution is 7.09. The van der Waals surface area contributed by atoms with Crippen LogP contribution in [0.4, 0.5) is 0 Å². The Bertz CT molecular complexity index is 675. The van der Waals surface area contributed by atoms with Crippen LogP contribution in [0.15, 0.2) is 30.2 Å². The normalized spacial score (nSPS) is 13.0. The molecule has 3 aromatic rings. The molecule has 3 aromatic heterocycles. The monoisotopic (exact) mass is 260 g/mol. The van der Waals surface area contributed by atoms with Gasteiger partial charge in [-0.1, -0.05) is 0 Å². The molecule has 0 saturated heterocycles. The minimum absolute atomic E-state index is 0.501. The lowest BCUT2D eigenvalue weighted by molar-refractivity contribution is 0.179. The van der Waals surface area contributed by atoms with Gasteiger partial charge in [-0.25, -0.2) is 9.50 Å². The lowest BCUT2D eigenvalue weighted by Gasteiger charge is -2.06. The number of aromatic nitrogens is 4.